The van der Waals surface area contributed by atoms with E-state index < -0.39 is 0 Å². The van der Waals surface area contributed by atoms with Crippen LogP contribution >= 0.6 is 0 Å². The third-order valence-electron chi connectivity index (χ3n) is 5.57. The van der Waals surface area contributed by atoms with Crippen LogP contribution in [-0.2, 0) is 9.59 Å². The van der Waals surface area contributed by atoms with Crippen molar-refractivity contribution in [2.75, 3.05) is 26.2 Å². The molecule has 2 amide bonds. The molecule has 2 fully saturated rings. The van der Waals surface area contributed by atoms with Gasteiger partial charge in [-0.05, 0) is 57.7 Å². The molecule has 26 heavy (non-hydrogen) atoms. The lowest BCUT2D eigenvalue weighted by molar-refractivity contribution is -0.148. The highest BCUT2D eigenvalue weighted by molar-refractivity contribution is 5.82. The van der Waals surface area contributed by atoms with Crippen molar-refractivity contribution in [2.24, 2.45) is 5.92 Å². The number of piperazine rings is 1. The molecule has 2 aliphatic rings. The first-order valence-corrected chi connectivity index (χ1v) is 9.58. The fraction of sp³-hybridized carbons (Fsp3) is 0.619. The number of carbonyl (C=O) groups excluding carboxylic acids is 2. The zero-order valence-corrected chi connectivity index (χ0v) is 16.4. The van der Waals surface area contributed by atoms with Gasteiger partial charge in [0.25, 0.3) is 0 Å². The largest absolute Gasteiger partial charge is 0.493 e. The molecule has 1 heterocycles. The molecule has 0 N–H and O–H groups in total. The predicted molar refractivity (Wildman–Crippen MR) is 101 cm³/mol. The first-order valence-electron chi connectivity index (χ1n) is 9.58. The second-order valence-corrected chi connectivity index (χ2v) is 8.19. The summed E-state index contributed by atoms with van der Waals surface area (Å²) in [5.74, 6) is 1.44. The molecule has 1 saturated carbocycles. The van der Waals surface area contributed by atoms with Gasteiger partial charge in [-0.1, -0.05) is 12.1 Å². The molecule has 1 aliphatic heterocycles. The first kappa shape index (κ1) is 18.7. The summed E-state index contributed by atoms with van der Waals surface area (Å²) in [4.78, 5) is 28.9. The van der Waals surface area contributed by atoms with Crippen LogP contribution in [0.4, 0.5) is 0 Å². The molecule has 0 atom stereocenters. The normalized spacial score (nSPS) is 19.4. The van der Waals surface area contributed by atoms with Gasteiger partial charge in [-0.15, -0.1) is 0 Å². The molecular weight excluding hydrogens is 328 g/mol. The van der Waals surface area contributed by atoms with Crippen molar-refractivity contribution in [2.45, 2.75) is 52.5 Å². The van der Waals surface area contributed by atoms with Gasteiger partial charge in [-0.2, -0.15) is 0 Å². The number of carbonyl (C=O) groups is 2. The number of rotatable bonds is 5. The quantitative estimate of drug-likeness (QED) is 0.813. The topological polar surface area (TPSA) is 49.9 Å². The molecule has 1 saturated heterocycles. The Balaban J connectivity index is 1.53. The van der Waals surface area contributed by atoms with Crippen LogP contribution in [0.3, 0.4) is 0 Å². The maximum absolute atomic E-state index is 12.7. The SMILES string of the molecule is Cc1cccc(OCCC(=O)N2CCN(C(=O)C3CC3)CC2(C)C)c1C. The Morgan fingerprint density at radius 1 is 1.19 bits per heavy atom. The lowest BCUT2D eigenvalue weighted by Gasteiger charge is -2.47. The lowest BCUT2D eigenvalue weighted by Crippen LogP contribution is -2.62. The highest BCUT2D eigenvalue weighted by atomic mass is 16.5. The van der Waals surface area contributed by atoms with E-state index >= 15 is 0 Å². The van der Waals surface area contributed by atoms with E-state index in [1.54, 1.807) is 0 Å². The standard InChI is InChI=1S/C21H30N2O3/c1-15-6-5-7-18(16(15)2)26-13-10-19(24)23-12-11-22(14-21(23,3)4)20(25)17-8-9-17/h5-7,17H,8-14H2,1-4H3. The van der Waals surface area contributed by atoms with Crippen LogP contribution in [-0.4, -0.2) is 53.4 Å². The van der Waals surface area contributed by atoms with Crippen LogP contribution in [0.25, 0.3) is 0 Å². The molecule has 0 aromatic heterocycles. The monoisotopic (exact) mass is 358 g/mol. The second kappa shape index (κ2) is 7.29. The number of aryl methyl sites for hydroxylation is 1. The number of benzene rings is 1. The van der Waals surface area contributed by atoms with Crippen molar-refractivity contribution in [1.29, 1.82) is 0 Å². The molecule has 142 valence electrons. The molecule has 1 aliphatic carbocycles. The van der Waals surface area contributed by atoms with E-state index in [4.69, 9.17) is 4.74 Å². The van der Waals surface area contributed by atoms with Crippen LogP contribution < -0.4 is 4.74 Å². The summed E-state index contributed by atoms with van der Waals surface area (Å²) in [5, 5.41) is 0. The molecule has 0 bridgehead atoms. The smallest absolute Gasteiger partial charge is 0.226 e. The Morgan fingerprint density at radius 2 is 1.92 bits per heavy atom. The first-order chi connectivity index (χ1) is 12.3. The third-order valence-corrected chi connectivity index (χ3v) is 5.57. The maximum Gasteiger partial charge on any atom is 0.226 e. The van der Waals surface area contributed by atoms with Crippen molar-refractivity contribution in [1.82, 2.24) is 9.80 Å². The minimum atomic E-state index is -0.334. The Labute approximate surface area is 156 Å². The van der Waals surface area contributed by atoms with Crippen LogP contribution in [0.2, 0.25) is 0 Å². The van der Waals surface area contributed by atoms with Crippen LogP contribution in [0.15, 0.2) is 18.2 Å². The van der Waals surface area contributed by atoms with E-state index in [1.165, 1.54) is 5.56 Å². The van der Waals surface area contributed by atoms with E-state index in [2.05, 4.69) is 13.0 Å². The molecule has 0 spiro atoms. The summed E-state index contributed by atoms with van der Waals surface area (Å²) in [6.45, 7) is 10.4. The van der Waals surface area contributed by atoms with Crippen molar-refractivity contribution in [3.8, 4) is 5.75 Å². The van der Waals surface area contributed by atoms with Crippen LogP contribution in [0.1, 0.15) is 44.2 Å². The van der Waals surface area contributed by atoms with Gasteiger partial charge < -0.3 is 14.5 Å². The zero-order valence-electron chi connectivity index (χ0n) is 16.4. The summed E-state index contributed by atoms with van der Waals surface area (Å²) in [6.07, 6.45) is 2.40. The highest BCUT2D eigenvalue weighted by Gasteiger charge is 2.41. The van der Waals surface area contributed by atoms with Crippen LogP contribution in [0, 0.1) is 19.8 Å². The number of amides is 2. The molecule has 5 nitrogen and oxygen atoms in total. The van der Waals surface area contributed by atoms with Gasteiger partial charge in [0.1, 0.15) is 5.75 Å². The van der Waals surface area contributed by atoms with Crippen molar-refractivity contribution >= 4 is 11.8 Å². The maximum atomic E-state index is 12.7. The van der Waals surface area contributed by atoms with E-state index in [0.29, 0.717) is 32.7 Å². The van der Waals surface area contributed by atoms with Gasteiger partial charge >= 0.3 is 0 Å². The number of hydrogen-bond acceptors (Lipinski definition) is 3. The number of nitrogens with zero attached hydrogens (tertiary/aromatic N) is 2. The molecule has 0 unspecified atom stereocenters. The van der Waals surface area contributed by atoms with Gasteiger partial charge in [0.15, 0.2) is 0 Å². The molecule has 0 radical (unpaired) electrons. The Kier molecular flexibility index (Phi) is 5.26. The van der Waals surface area contributed by atoms with Crippen molar-refractivity contribution in [3.05, 3.63) is 29.3 Å². The molecule has 3 rings (SSSR count). The van der Waals surface area contributed by atoms with Gasteiger partial charge in [-0.25, -0.2) is 0 Å². The third kappa shape index (κ3) is 4.02. The lowest BCUT2D eigenvalue weighted by atomic mass is 9.97. The molecular formula is C21H30N2O3. The molecule has 5 heteroatoms. The average Bonchev–Trinajstić information content (AvgIpc) is 3.42. The minimum absolute atomic E-state index is 0.0961. The summed E-state index contributed by atoms with van der Waals surface area (Å²) >= 11 is 0. The van der Waals surface area contributed by atoms with Gasteiger partial charge in [0, 0.05) is 25.6 Å². The van der Waals surface area contributed by atoms with E-state index in [1.807, 2.05) is 42.7 Å². The van der Waals surface area contributed by atoms with E-state index in [9.17, 15) is 9.59 Å². The van der Waals surface area contributed by atoms with Gasteiger partial charge in [-0.3, -0.25) is 9.59 Å². The van der Waals surface area contributed by atoms with E-state index in [-0.39, 0.29) is 23.3 Å². The summed E-state index contributed by atoms with van der Waals surface area (Å²) in [5.41, 5.74) is 1.97. The molecule has 1 aromatic rings. The van der Waals surface area contributed by atoms with Crippen LogP contribution in [0.5, 0.6) is 5.75 Å². The fourth-order valence-electron chi connectivity index (χ4n) is 3.66. The highest BCUT2D eigenvalue weighted by Crippen LogP contribution is 2.33. The molecule has 1 aromatic carbocycles. The Hall–Kier alpha value is -2.04. The van der Waals surface area contributed by atoms with Gasteiger partial charge in [0.05, 0.1) is 18.6 Å². The minimum Gasteiger partial charge on any atom is -0.493 e. The Morgan fingerprint density at radius 3 is 2.58 bits per heavy atom. The zero-order chi connectivity index (χ0) is 18.9. The van der Waals surface area contributed by atoms with Gasteiger partial charge in [0.2, 0.25) is 11.8 Å². The summed E-state index contributed by atoms with van der Waals surface area (Å²) in [6, 6.07) is 5.97. The average molecular weight is 358 g/mol. The fourth-order valence-corrected chi connectivity index (χ4v) is 3.66. The predicted octanol–water partition coefficient (Wildman–Crippen LogP) is 2.93. The van der Waals surface area contributed by atoms with E-state index in [0.717, 1.165) is 24.2 Å². The van der Waals surface area contributed by atoms with Crippen molar-refractivity contribution in [3.63, 3.8) is 0 Å². The number of hydrogen-bond donors (Lipinski definition) is 0. The number of ether oxygens (including phenoxy) is 1. The Bertz CT molecular complexity index is 694. The summed E-state index contributed by atoms with van der Waals surface area (Å²) in [7, 11) is 0. The second-order valence-electron chi connectivity index (χ2n) is 8.19. The summed E-state index contributed by atoms with van der Waals surface area (Å²) < 4.78 is 5.83. The van der Waals surface area contributed by atoms with Crippen molar-refractivity contribution < 1.29 is 14.3 Å².